The second kappa shape index (κ2) is 11.2. The zero-order valence-electron chi connectivity index (χ0n) is 17.2. The molecule has 8 nitrogen and oxygen atoms in total. The number of anilines is 3. The number of rotatable bonds is 8. The molecular weight excluding hydrogens is 410 g/mol. The van der Waals surface area contributed by atoms with Gasteiger partial charge in [0.25, 0.3) is 0 Å². The van der Waals surface area contributed by atoms with Crippen LogP contribution in [0, 0.1) is 0 Å². The molecule has 8 heteroatoms. The molecule has 3 amide bonds. The molecule has 0 aliphatic heterocycles. The maximum Gasteiger partial charge on any atom is 0.411 e. The van der Waals surface area contributed by atoms with E-state index >= 15 is 0 Å². The molecule has 0 spiro atoms. The molecule has 0 aliphatic carbocycles. The van der Waals surface area contributed by atoms with Crippen molar-refractivity contribution in [3.05, 3.63) is 90.0 Å². The van der Waals surface area contributed by atoms with E-state index in [1.807, 2.05) is 42.5 Å². The van der Waals surface area contributed by atoms with Crippen LogP contribution in [0.4, 0.5) is 26.7 Å². The van der Waals surface area contributed by atoms with Gasteiger partial charge in [0.05, 0.1) is 0 Å². The van der Waals surface area contributed by atoms with Crippen LogP contribution >= 0.6 is 0 Å². The third-order valence-electron chi connectivity index (χ3n) is 4.45. The van der Waals surface area contributed by atoms with Gasteiger partial charge in [0, 0.05) is 23.5 Å². The number of benzene rings is 3. The Kier molecular flexibility index (Phi) is 7.80. The molecule has 0 aromatic heterocycles. The number of carbonyl (C=O) groups excluding carboxylic acids is 2. The minimum Gasteiger partial charge on any atom is -0.465 e. The van der Waals surface area contributed by atoms with Gasteiger partial charge in [-0.2, -0.15) is 0 Å². The Bertz CT molecular complexity index is 1070. The third-order valence-corrected chi connectivity index (χ3v) is 4.45. The highest BCUT2D eigenvalue weighted by Crippen LogP contribution is 2.16. The lowest BCUT2D eigenvalue weighted by molar-refractivity contribution is -0.116. The van der Waals surface area contributed by atoms with Crippen LogP contribution in [0.25, 0.3) is 0 Å². The molecule has 0 bridgehead atoms. The monoisotopic (exact) mass is 433 g/mol. The molecule has 0 heterocycles. The topological polar surface area (TPSA) is 117 Å². The summed E-state index contributed by atoms with van der Waals surface area (Å²) in [5.41, 5.74) is 3.32. The Morgan fingerprint density at radius 3 is 2.09 bits per heavy atom. The summed E-state index contributed by atoms with van der Waals surface area (Å²) in [6, 6.07) is 23.0. The quantitative estimate of drug-likeness (QED) is 0.394. The maximum absolute atomic E-state index is 12.2. The van der Waals surface area contributed by atoms with Crippen LogP contribution in [0.2, 0.25) is 0 Å². The van der Waals surface area contributed by atoms with Crippen molar-refractivity contribution >= 4 is 35.2 Å². The lowest BCUT2D eigenvalue weighted by Crippen LogP contribution is -2.14. The normalized spacial score (nSPS) is 10.1. The van der Waals surface area contributed by atoms with E-state index in [1.54, 1.807) is 36.4 Å². The fourth-order valence-corrected chi connectivity index (χ4v) is 2.91. The fraction of sp³-hybridized carbons (Fsp3) is 0.125. The average Bonchev–Trinajstić information content (AvgIpc) is 2.78. The van der Waals surface area contributed by atoms with Gasteiger partial charge in [-0.3, -0.25) is 15.4 Å². The Morgan fingerprint density at radius 1 is 0.719 bits per heavy atom. The number of ether oxygens (including phenoxy) is 1. The first-order valence-corrected chi connectivity index (χ1v) is 9.94. The zero-order valence-corrected chi connectivity index (χ0v) is 17.2. The number of amides is 3. The van der Waals surface area contributed by atoms with Crippen LogP contribution in [-0.2, 0) is 22.6 Å². The molecule has 0 unspecified atom stereocenters. The van der Waals surface area contributed by atoms with Crippen molar-refractivity contribution < 1.29 is 24.2 Å². The number of carbonyl (C=O) groups is 3. The molecule has 164 valence electrons. The van der Waals surface area contributed by atoms with E-state index in [1.165, 1.54) is 0 Å². The summed E-state index contributed by atoms with van der Waals surface area (Å²) in [5, 5.41) is 16.4. The van der Waals surface area contributed by atoms with Crippen molar-refractivity contribution in [2.75, 3.05) is 16.0 Å². The van der Waals surface area contributed by atoms with Crippen LogP contribution in [0.3, 0.4) is 0 Å². The largest absolute Gasteiger partial charge is 0.465 e. The van der Waals surface area contributed by atoms with Crippen molar-refractivity contribution in [3.63, 3.8) is 0 Å². The molecule has 4 N–H and O–H groups in total. The maximum atomic E-state index is 12.2. The summed E-state index contributed by atoms with van der Waals surface area (Å²) in [4.78, 5) is 34.8. The second-order valence-electron chi connectivity index (χ2n) is 6.94. The number of carboxylic acid groups (broad SMARTS) is 1. The summed E-state index contributed by atoms with van der Waals surface area (Å²) < 4.78 is 5.19. The first-order valence-electron chi connectivity index (χ1n) is 9.94. The van der Waals surface area contributed by atoms with Gasteiger partial charge in [0.2, 0.25) is 5.91 Å². The number of aryl methyl sites for hydroxylation is 1. The van der Waals surface area contributed by atoms with Crippen LogP contribution < -0.4 is 16.0 Å². The van der Waals surface area contributed by atoms with E-state index in [2.05, 4.69) is 16.0 Å². The SMILES string of the molecule is O=C(O)Nc1cccc(NC(=O)CCc2ccc(NC(=O)OCc3ccccc3)cc2)c1. The molecule has 0 atom stereocenters. The molecule has 0 saturated carbocycles. The second-order valence-corrected chi connectivity index (χ2v) is 6.94. The van der Waals surface area contributed by atoms with Crippen LogP contribution in [0.15, 0.2) is 78.9 Å². The average molecular weight is 433 g/mol. The molecule has 0 aliphatic rings. The molecule has 3 aromatic carbocycles. The highest BCUT2D eigenvalue weighted by Gasteiger charge is 2.07. The van der Waals surface area contributed by atoms with Crippen molar-refractivity contribution in [3.8, 4) is 0 Å². The number of nitrogens with one attached hydrogen (secondary N) is 3. The lowest BCUT2D eigenvalue weighted by Gasteiger charge is -2.09. The van der Waals surface area contributed by atoms with Gasteiger partial charge < -0.3 is 15.2 Å². The zero-order chi connectivity index (χ0) is 22.8. The lowest BCUT2D eigenvalue weighted by atomic mass is 10.1. The van der Waals surface area contributed by atoms with E-state index in [-0.39, 0.29) is 18.9 Å². The van der Waals surface area contributed by atoms with E-state index < -0.39 is 12.2 Å². The smallest absolute Gasteiger partial charge is 0.411 e. The standard InChI is InChI=1S/C24H23N3O5/c28-22(25-20-7-4-8-21(15-20)26-23(29)30)14-11-17-9-12-19(13-10-17)27-24(31)32-16-18-5-2-1-3-6-18/h1-10,12-13,15,26H,11,14,16H2,(H,25,28)(H,27,31)(H,29,30). The summed E-state index contributed by atoms with van der Waals surface area (Å²) in [6.45, 7) is 0.190. The summed E-state index contributed by atoms with van der Waals surface area (Å²) in [5.74, 6) is -0.191. The number of hydrogen-bond acceptors (Lipinski definition) is 4. The highest BCUT2D eigenvalue weighted by atomic mass is 16.5. The van der Waals surface area contributed by atoms with Gasteiger partial charge in [-0.15, -0.1) is 0 Å². The van der Waals surface area contributed by atoms with Gasteiger partial charge in [0.1, 0.15) is 6.61 Å². The molecular formula is C24H23N3O5. The van der Waals surface area contributed by atoms with Gasteiger partial charge in [0.15, 0.2) is 0 Å². The Labute approximate surface area is 185 Å². The van der Waals surface area contributed by atoms with E-state index in [9.17, 15) is 14.4 Å². The number of hydrogen-bond donors (Lipinski definition) is 4. The third kappa shape index (κ3) is 7.49. The Hall–Kier alpha value is -4.33. The molecule has 32 heavy (non-hydrogen) atoms. The first-order chi connectivity index (χ1) is 15.5. The summed E-state index contributed by atoms with van der Waals surface area (Å²) in [6.07, 6.45) is -0.948. The molecule has 3 rings (SSSR count). The van der Waals surface area contributed by atoms with Gasteiger partial charge >= 0.3 is 12.2 Å². The Balaban J connectivity index is 1.42. The van der Waals surface area contributed by atoms with Crippen molar-refractivity contribution in [1.82, 2.24) is 0 Å². The minimum absolute atomic E-state index is 0.190. The van der Waals surface area contributed by atoms with Gasteiger partial charge in [-0.1, -0.05) is 48.5 Å². The van der Waals surface area contributed by atoms with Gasteiger partial charge in [-0.05, 0) is 47.9 Å². The van der Waals surface area contributed by atoms with E-state index in [4.69, 9.17) is 9.84 Å². The van der Waals surface area contributed by atoms with Crippen LogP contribution in [-0.4, -0.2) is 23.2 Å². The van der Waals surface area contributed by atoms with E-state index in [0.29, 0.717) is 23.5 Å². The fourth-order valence-electron chi connectivity index (χ4n) is 2.91. The van der Waals surface area contributed by atoms with Crippen molar-refractivity contribution in [1.29, 1.82) is 0 Å². The predicted molar refractivity (Wildman–Crippen MR) is 122 cm³/mol. The predicted octanol–water partition coefficient (Wildman–Crippen LogP) is 5.10. The summed E-state index contributed by atoms with van der Waals surface area (Å²) in [7, 11) is 0. The first kappa shape index (κ1) is 22.4. The molecule has 0 radical (unpaired) electrons. The van der Waals surface area contributed by atoms with E-state index in [0.717, 1.165) is 11.1 Å². The summed E-state index contributed by atoms with van der Waals surface area (Å²) >= 11 is 0. The minimum atomic E-state index is -1.17. The molecule has 3 aromatic rings. The van der Waals surface area contributed by atoms with Crippen LogP contribution in [0.1, 0.15) is 17.5 Å². The molecule has 0 saturated heterocycles. The van der Waals surface area contributed by atoms with Crippen LogP contribution in [0.5, 0.6) is 0 Å². The highest BCUT2D eigenvalue weighted by molar-refractivity contribution is 5.92. The Morgan fingerprint density at radius 2 is 1.41 bits per heavy atom. The van der Waals surface area contributed by atoms with Crippen molar-refractivity contribution in [2.24, 2.45) is 0 Å². The molecule has 0 fully saturated rings. The van der Waals surface area contributed by atoms with Crippen molar-refractivity contribution in [2.45, 2.75) is 19.4 Å². The van der Waals surface area contributed by atoms with Gasteiger partial charge in [-0.25, -0.2) is 9.59 Å².